The van der Waals surface area contributed by atoms with Crippen molar-refractivity contribution < 1.29 is 4.57 Å². The third-order valence-corrected chi connectivity index (χ3v) is 10.7. The molecule has 6 aromatic carbocycles. The minimum atomic E-state index is -3.40. The van der Waals surface area contributed by atoms with E-state index in [0.29, 0.717) is 5.31 Å². The highest BCUT2D eigenvalue weighted by Gasteiger charge is 2.35. The van der Waals surface area contributed by atoms with E-state index in [9.17, 15) is 0 Å². The van der Waals surface area contributed by atoms with Crippen LogP contribution in [-0.4, -0.2) is 0 Å². The fourth-order valence-corrected chi connectivity index (χ4v) is 8.22. The van der Waals surface area contributed by atoms with Crippen LogP contribution < -0.4 is 10.6 Å². The molecule has 0 atom stereocenters. The van der Waals surface area contributed by atoms with E-state index in [1.807, 2.05) is 109 Å². The molecule has 0 aromatic heterocycles. The van der Waals surface area contributed by atoms with Crippen molar-refractivity contribution in [3.63, 3.8) is 0 Å². The molecule has 0 spiro atoms. The van der Waals surface area contributed by atoms with Crippen LogP contribution in [0.15, 0.2) is 188 Å². The number of allylic oxidation sites excluding steroid dienone is 3. The molecule has 0 unspecified atom stereocenters. The predicted molar refractivity (Wildman–Crippen MR) is 181 cm³/mol. The lowest BCUT2D eigenvalue weighted by Crippen LogP contribution is -2.18. The van der Waals surface area contributed by atoms with Crippen molar-refractivity contribution in [2.75, 3.05) is 0 Å². The van der Waals surface area contributed by atoms with E-state index in [4.69, 9.17) is 0 Å². The quantitative estimate of drug-likeness (QED) is 0.134. The first-order valence-electron chi connectivity index (χ1n) is 14.0. The second-order valence-electron chi connectivity index (χ2n) is 10.2. The van der Waals surface area contributed by atoms with Crippen LogP contribution in [0, 0.1) is 0 Å². The van der Waals surface area contributed by atoms with Gasteiger partial charge < -0.3 is 4.57 Å². The van der Waals surface area contributed by atoms with Gasteiger partial charge in [0.2, 0.25) is 0 Å². The van der Waals surface area contributed by atoms with Crippen molar-refractivity contribution in [3.05, 3.63) is 205 Å². The molecule has 0 aliphatic rings. The maximum absolute atomic E-state index is 15.7. The van der Waals surface area contributed by atoms with Gasteiger partial charge in [-0.2, -0.15) is 0 Å². The lowest BCUT2D eigenvalue weighted by atomic mass is 9.87. The van der Waals surface area contributed by atoms with Crippen molar-refractivity contribution in [1.29, 1.82) is 0 Å². The van der Waals surface area contributed by atoms with Crippen molar-refractivity contribution in [2.24, 2.45) is 0 Å². The highest BCUT2D eigenvalue weighted by molar-refractivity contribution is 7.82. The summed E-state index contributed by atoms with van der Waals surface area (Å²) in [7, 11) is -3.40. The van der Waals surface area contributed by atoms with Crippen molar-refractivity contribution in [1.82, 2.24) is 0 Å². The van der Waals surface area contributed by atoms with E-state index in [1.54, 1.807) is 0 Å². The average Bonchev–Trinajstić information content (AvgIpc) is 3.07. The van der Waals surface area contributed by atoms with Crippen LogP contribution in [0.4, 0.5) is 0 Å². The molecule has 1 nitrogen and oxygen atoms in total. The molecule has 202 valence electrons. The number of hydrogen-bond acceptors (Lipinski definition) is 1. The molecule has 0 aliphatic carbocycles. The van der Waals surface area contributed by atoms with Gasteiger partial charge in [-0.25, -0.2) is 0 Å². The van der Waals surface area contributed by atoms with Crippen LogP contribution in [-0.2, 0) is 4.57 Å². The van der Waals surface area contributed by atoms with Crippen molar-refractivity contribution in [2.45, 2.75) is 0 Å². The maximum Gasteiger partial charge on any atom is 0.171 e. The Morgan fingerprint density at radius 3 is 1.38 bits per heavy atom. The van der Waals surface area contributed by atoms with Crippen LogP contribution in [0.5, 0.6) is 0 Å². The smallest absolute Gasteiger partial charge is 0.171 e. The van der Waals surface area contributed by atoms with Gasteiger partial charge in [-0.05, 0) is 44.7 Å². The lowest BCUT2D eigenvalue weighted by molar-refractivity contribution is 0.591. The molecule has 0 bridgehead atoms. The Morgan fingerprint density at radius 2 is 0.881 bits per heavy atom. The molecule has 6 aromatic rings. The molecule has 0 aliphatic heterocycles. The zero-order chi connectivity index (χ0) is 28.9. The Morgan fingerprint density at radius 1 is 0.452 bits per heavy atom. The number of hydrogen-bond donors (Lipinski definition) is 0. The lowest BCUT2D eigenvalue weighted by Gasteiger charge is -2.28. The van der Waals surface area contributed by atoms with Crippen molar-refractivity contribution in [3.8, 4) is 0 Å². The summed E-state index contributed by atoms with van der Waals surface area (Å²) in [4.78, 5) is 0. The predicted octanol–water partition coefficient (Wildman–Crippen LogP) is 9.88. The summed E-state index contributed by atoms with van der Waals surface area (Å²) in [5, 5.41) is 4.32. The Kier molecular flexibility index (Phi) is 7.69. The summed E-state index contributed by atoms with van der Waals surface area (Å²) in [6.07, 6.45) is 0. The molecule has 0 saturated carbocycles. The third kappa shape index (κ3) is 5.12. The largest absolute Gasteiger partial charge is 0.309 e. The molecule has 0 amide bonds. The van der Waals surface area contributed by atoms with Gasteiger partial charge in [0.25, 0.3) is 0 Å². The van der Waals surface area contributed by atoms with Gasteiger partial charge in [0.15, 0.2) is 7.14 Å². The minimum absolute atomic E-state index is 0.556. The van der Waals surface area contributed by atoms with E-state index in [-0.39, 0.29) is 0 Å². The highest BCUT2D eigenvalue weighted by Crippen LogP contribution is 2.57. The van der Waals surface area contributed by atoms with E-state index in [1.165, 1.54) is 0 Å². The maximum atomic E-state index is 15.7. The normalized spacial score (nSPS) is 11.1. The molecule has 0 saturated heterocycles. The minimum Gasteiger partial charge on any atom is -0.309 e. The Bertz CT molecular complexity index is 1870. The van der Waals surface area contributed by atoms with E-state index in [0.717, 1.165) is 54.8 Å². The van der Waals surface area contributed by atoms with E-state index < -0.39 is 7.14 Å². The van der Waals surface area contributed by atoms with Gasteiger partial charge in [0, 0.05) is 21.5 Å². The van der Waals surface area contributed by atoms with E-state index in [2.05, 4.69) is 67.8 Å². The number of fused-ring (bicyclic) bond motifs is 1. The monoisotopic (exact) mass is 558 g/mol. The van der Waals surface area contributed by atoms with Crippen LogP contribution >= 0.6 is 7.14 Å². The first-order chi connectivity index (χ1) is 20.6. The molecular formula is C40H31OP. The van der Waals surface area contributed by atoms with Gasteiger partial charge in [-0.3, -0.25) is 0 Å². The Balaban J connectivity index is 1.69. The summed E-state index contributed by atoms with van der Waals surface area (Å²) < 4.78 is 15.7. The fraction of sp³-hybridized carbons (Fsp3) is 0. The van der Waals surface area contributed by atoms with Crippen LogP contribution in [0.1, 0.15) is 16.7 Å². The van der Waals surface area contributed by atoms with Crippen LogP contribution in [0.25, 0.3) is 21.9 Å². The summed E-state index contributed by atoms with van der Waals surface area (Å²) in [6.45, 7) is 9.36. The summed E-state index contributed by atoms with van der Waals surface area (Å²) in [5.41, 5.74) is 5.50. The zero-order valence-electron chi connectivity index (χ0n) is 23.4. The molecular weight excluding hydrogens is 527 g/mol. The highest BCUT2D eigenvalue weighted by atomic mass is 31.2. The summed E-state index contributed by atoms with van der Waals surface area (Å²) in [5.74, 6) is 0. The van der Waals surface area contributed by atoms with Gasteiger partial charge in [-0.15, -0.1) is 0 Å². The molecule has 0 heterocycles. The molecule has 0 fully saturated rings. The molecule has 42 heavy (non-hydrogen) atoms. The van der Waals surface area contributed by atoms with Gasteiger partial charge in [-0.1, -0.05) is 171 Å². The van der Waals surface area contributed by atoms with Crippen molar-refractivity contribution >= 4 is 39.7 Å². The average molecular weight is 559 g/mol. The van der Waals surface area contributed by atoms with E-state index >= 15 is 4.57 Å². The Hall–Kier alpha value is -4.97. The second kappa shape index (κ2) is 11.9. The molecule has 2 heteroatoms. The number of benzene rings is 6. The SMILES string of the molecule is C=C(C(C(=C)P(=O)(c1ccccc1)c1ccccc1)=C(c1ccccc1)c1ccccc1)c1ccc2ccccc2c1. The second-order valence-corrected chi connectivity index (χ2v) is 13.0. The number of rotatable bonds is 8. The van der Waals surface area contributed by atoms with Crippen LogP contribution in [0.2, 0.25) is 0 Å². The summed E-state index contributed by atoms with van der Waals surface area (Å²) in [6, 6.07) is 54.7. The summed E-state index contributed by atoms with van der Waals surface area (Å²) >= 11 is 0. The molecule has 6 rings (SSSR count). The van der Waals surface area contributed by atoms with Crippen LogP contribution in [0.3, 0.4) is 0 Å². The zero-order valence-corrected chi connectivity index (χ0v) is 24.3. The van der Waals surface area contributed by atoms with Gasteiger partial charge in [0.05, 0.1) is 0 Å². The molecule has 0 N–H and O–H groups in total. The topological polar surface area (TPSA) is 17.1 Å². The fourth-order valence-electron chi connectivity index (χ4n) is 5.55. The molecule has 0 radical (unpaired) electrons. The van der Waals surface area contributed by atoms with Gasteiger partial charge >= 0.3 is 0 Å². The third-order valence-electron chi connectivity index (χ3n) is 7.68. The Labute approximate surface area is 248 Å². The van der Waals surface area contributed by atoms with Gasteiger partial charge in [0.1, 0.15) is 0 Å². The first kappa shape index (κ1) is 27.2. The standard InChI is InChI=1S/C40H31OP/c1-30(35-28-27-32-17-15-16-22-36(32)29-35)39(40(33-18-7-3-8-19-33)34-20-9-4-10-21-34)31(2)42(41,37-23-11-5-12-24-37)38-25-13-6-14-26-38/h3-29H,1-2H2. The first-order valence-corrected chi connectivity index (χ1v) is 15.7.